The highest BCUT2D eigenvalue weighted by molar-refractivity contribution is 14.1. The van der Waals surface area contributed by atoms with Gasteiger partial charge in [0.1, 0.15) is 5.54 Å². The summed E-state index contributed by atoms with van der Waals surface area (Å²) in [6.07, 6.45) is 1.44. The lowest BCUT2D eigenvalue weighted by Crippen LogP contribution is -2.35. The van der Waals surface area contributed by atoms with Crippen LogP contribution >= 0.6 is 34.2 Å². The zero-order valence-corrected chi connectivity index (χ0v) is 11.2. The third-order valence-electron chi connectivity index (χ3n) is 2.49. The molecule has 0 heterocycles. The van der Waals surface area contributed by atoms with E-state index < -0.39 is 5.54 Å². The van der Waals surface area contributed by atoms with Crippen LogP contribution in [-0.2, 0) is 0 Å². The van der Waals surface area contributed by atoms with Gasteiger partial charge in [0.05, 0.1) is 16.7 Å². The first-order chi connectivity index (χ1) is 7.56. The molecule has 3 nitrogen and oxygen atoms in total. The summed E-state index contributed by atoms with van der Waals surface area (Å²) in [4.78, 5) is 11.9. The molecule has 1 fully saturated rings. The fourth-order valence-electron chi connectivity index (χ4n) is 1.35. The maximum absolute atomic E-state index is 11.9. The van der Waals surface area contributed by atoms with Crippen molar-refractivity contribution in [1.82, 2.24) is 5.32 Å². The highest BCUT2D eigenvalue weighted by atomic mass is 127. The molecular formula is C11H8ClIN2O. The number of halogens is 2. The van der Waals surface area contributed by atoms with Gasteiger partial charge in [0.2, 0.25) is 0 Å². The Hall–Kier alpha value is -0.800. The monoisotopic (exact) mass is 346 g/mol. The summed E-state index contributed by atoms with van der Waals surface area (Å²) in [6.45, 7) is 0. The molecule has 1 aliphatic rings. The summed E-state index contributed by atoms with van der Waals surface area (Å²) in [5.41, 5.74) is -0.225. The SMILES string of the molecule is N#CC1(NC(=O)c2cc(I)ccc2Cl)CC1. The maximum Gasteiger partial charge on any atom is 0.254 e. The van der Waals surface area contributed by atoms with Gasteiger partial charge in [-0.05, 0) is 53.6 Å². The van der Waals surface area contributed by atoms with E-state index in [0.29, 0.717) is 10.6 Å². The number of nitriles is 1. The Morgan fingerprint density at radius 1 is 1.56 bits per heavy atom. The van der Waals surface area contributed by atoms with Gasteiger partial charge >= 0.3 is 0 Å². The first-order valence-corrected chi connectivity index (χ1v) is 6.21. The van der Waals surface area contributed by atoms with E-state index in [9.17, 15) is 4.79 Å². The molecule has 0 aromatic heterocycles. The molecular weight excluding hydrogens is 338 g/mol. The summed E-state index contributed by atoms with van der Waals surface area (Å²) in [5.74, 6) is -0.275. The van der Waals surface area contributed by atoms with E-state index in [-0.39, 0.29) is 5.91 Å². The second-order valence-corrected chi connectivity index (χ2v) is 5.43. The molecule has 1 N–H and O–H groups in total. The summed E-state index contributed by atoms with van der Waals surface area (Å²) < 4.78 is 0.939. The van der Waals surface area contributed by atoms with Crippen LogP contribution in [0.15, 0.2) is 18.2 Å². The average Bonchev–Trinajstić information content (AvgIpc) is 3.02. The Labute approximate surface area is 112 Å². The van der Waals surface area contributed by atoms with Crippen LogP contribution in [0, 0.1) is 14.9 Å². The fourth-order valence-corrected chi connectivity index (χ4v) is 2.04. The van der Waals surface area contributed by atoms with E-state index in [1.807, 2.05) is 6.07 Å². The van der Waals surface area contributed by atoms with Crippen molar-refractivity contribution in [2.45, 2.75) is 18.4 Å². The molecule has 0 spiro atoms. The number of hydrogen-bond donors (Lipinski definition) is 1. The summed E-state index contributed by atoms with van der Waals surface area (Å²) in [5, 5.41) is 12.0. The molecule has 1 aromatic rings. The molecule has 2 rings (SSSR count). The zero-order valence-electron chi connectivity index (χ0n) is 8.26. The first-order valence-electron chi connectivity index (χ1n) is 4.75. The number of benzene rings is 1. The standard InChI is InChI=1S/C11H8ClIN2O/c12-9-2-1-7(13)5-8(9)10(16)15-11(6-14)3-4-11/h1-2,5H,3-4H2,(H,15,16). The van der Waals surface area contributed by atoms with Gasteiger partial charge < -0.3 is 5.32 Å². The topological polar surface area (TPSA) is 52.9 Å². The van der Waals surface area contributed by atoms with Crippen LogP contribution in [0.2, 0.25) is 5.02 Å². The molecule has 0 unspecified atom stereocenters. The van der Waals surface area contributed by atoms with Gasteiger partial charge in [-0.3, -0.25) is 4.79 Å². The van der Waals surface area contributed by atoms with E-state index in [0.717, 1.165) is 16.4 Å². The van der Waals surface area contributed by atoms with Crippen molar-refractivity contribution >= 4 is 40.1 Å². The van der Waals surface area contributed by atoms with Crippen molar-refractivity contribution in [3.05, 3.63) is 32.4 Å². The van der Waals surface area contributed by atoms with E-state index >= 15 is 0 Å². The fraction of sp³-hybridized carbons (Fsp3) is 0.273. The molecule has 0 radical (unpaired) electrons. The van der Waals surface area contributed by atoms with Crippen molar-refractivity contribution in [3.63, 3.8) is 0 Å². The molecule has 1 amide bonds. The third kappa shape index (κ3) is 2.30. The molecule has 16 heavy (non-hydrogen) atoms. The number of hydrogen-bond acceptors (Lipinski definition) is 2. The zero-order chi connectivity index (χ0) is 11.8. The predicted octanol–water partition coefficient (Wildman–Crippen LogP) is 2.73. The van der Waals surface area contributed by atoms with Crippen LogP contribution in [0.3, 0.4) is 0 Å². The molecule has 0 aliphatic heterocycles. The summed E-state index contributed by atoms with van der Waals surface area (Å²) in [6, 6.07) is 7.34. The van der Waals surface area contributed by atoms with Crippen LogP contribution in [0.25, 0.3) is 0 Å². The normalized spacial score (nSPS) is 16.3. The predicted molar refractivity (Wildman–Crippen MR) is 69.2 cm³/mol. The molecule has 82 valence electrons. The van der Waals surface area contributed by atoms with Crippen molar-refractivity contribution in [2.75, 3.05) is 0 Å². The van der Waals surface area contributed by atoms with Crippen molar-refractivity contribution in [3.8, 4) is 6.07 Å². The highest BCUT2D eigenvalue weighted by Crippen LogP contribution is 2.35. The van der Waals surface area contributed by atoms with Crippen LogP contribution < -0.4 is 5.32 Å². The van der Waals surface area contributed by atoms with Gasteiger partial charge in [0, 0.05) is 3.57 Å². The number of nitrogens with one attached hydrogen (secondary N) is 1. The first kappa shape index (κ1) is 11.7. The maximum atomic E-state index is 11.9. The molecule has 1 aromatic carbocycles. The van der Waals surface area contributed by atoms with Gasteiger partial charge in [-0.15, -0.1) is 0 Å². The molecule has 0 atom stereocenters. The Morgan fingerprint density at radius 3 is 2.81 bits per heavy atom. The lowest BCUT2D eigenvalue weighted by molar-refractivity contribution is 0.0941. The summed E-state index contributed by atoms with van der Waals surface area (Å²) in [7, 11) is 0. The molecule has 5 heteroatoms. The lowest BCUT2D eigenvalue weighted by Gasteiger charge is -2.10. The van der Waals surface area contributed by atoms with Crippen molar-refractivity contribution < 1.29 is 4.79 Å². The van der Waals surface area contributed by atoms with Gasteiger partial charge in [-0.2, -0.15) is 5.26 Å². The Balaban J connectivity index is 2.22. The van der Waals surface area contributed by atoms with Gasteiger partial charge in [-0.1, -0.05) is 11.6 Å². The van der Waals surface area contributed by atoms with Gasteiger partial charge in [-0.25, -0.2) is 0 Å². The second-order valence-electron chi connectivity index (χ2n) is 3.77. The quantitative estimate of drug-likeness (QED) is 0.837. The van der Waals surface area contributed by atoms with E-state index in [1.165, 1.54) is 0 Å². The average molecular weight is 347 g/mol. The minimum absolute atomic E-state index is 0.275. The third-order valence-corrected chi connectivity index (χ3v) is 3.49. The van der Waals surface area contributed by atoms with Crippen molar-refractivity contribution in [2.24, 2.45) is 0 Å². The van der Waals surface area contributed by atoms with Crippen LogP contribution in [-0.4, -0.2) is 11.4 Å². The molecule has 0 saturated heterocycles. The van der Waals surface area contributed by atoms with Gasteiger partial charge in [0.25, 0.3) is 5.91 Å². The minimum Gasteiger partial charge on any atom is -0.334 e. The van der Waals surface area contributed by atoms with Crippen molar-refractivity contribution in [1.29, 1.82) is 5.26 Å². The second kappa shape index (κ2) is 4.22. The lowest BCUT2D eigenvalue weighted by atomic mass is 10.2. The number of nitrogens with zero attached hydrogens (tertiary/aromatic N) is 1. The Morgan fingerprint density at radius 2 is 2.25 bits per heavy atom. The number of carbonyl (C=O) groups is 1. The smallest absolute Gasteiger partial charge is 0.254 e. The van der Waals surface area contributed by atoms with E-state index in [2.05, 4.69) is 34.0 Å². The minimum atomic E-state index is -0.651. The highest BCUT2D eigenvalue weighted by Gasteiger charge is 2.44. The van der Waals surface area contributed by atoms with E-state index in [4.69, 9.17) is 16.9 Å². The number of amides is 1. The van der Waals surface area contributed by atoms with Crippen LogP contribution in [0.4, 0.5) is 0 Å². The van der Waals surface area contributed by atoms with Crippen LogP contribution in [0.1, 0.15) is 23.2 Å². The molecule has 1 saturated carbocycles. The summed E-state index contributed by atoms with van der Waals surface area (Å²) >= 11 is 8.05. The number of rotatable bonds is 2. The molecule has 1 aliphatic carbocycles. The number of carbonyl (C=O) groups excluding carboxylic acids is 1. The van der Waals surface area contributed by atoms with Crippen LogP contribution in [0.5, 0.6) is 0 Å². The largest absolute Gasteiger partial charge is 0.334 e. The van der Waals surface area contributed by atoms with Gasteiger partial charge in [0.15, 0.2) is 0 Å². The van der Waals surface area contributed by atoms with E-state index in [1.54, 1.807) is 12.1 Å². The Bertz CT molecular complexity index is 491. The molecule has 0 bridgehead atoms. The Kier molecular flexibility index (Phi) is 3.08.